The lowest BCUT2D eigenvalue weighted by atomic mass is 10.1. The lowest BCUT2D eigenvalue weighted by molar-refractivity contribution is 0.253. The summed E-state index contributed by atoms with van der Waals surface area (Å²) in [4.78, 5) is 10.5. The van der Waals surface area contributed by atoms with Crippen LogP contribution in [0.1, 0.15) is 45.4 Å². The highest BCUT2D eigenvalue weighted by molar-refractivity contribution is 7.87. The fourth-order valence-electron chi connectivity index (χ4n) is 1.44. The Hall–Kier alpha value is -0.820. The van der Waals surface area contributed by atoms with Crippen LogP contribution in [0.25, 0.3) is 0 Å². The van der Waals surface area contributed by atoms with Crippen LogP contribution in [0.15, 0.2) is 0 Å². The summed E-state index contributed by atoms with van der Waals surface area (Å²) in [6, 6.07) is -1.06. The predicted molar refractivity (Wildman–Crippen MR) is 67.6 cm³/mol. The zero-order valence-corrected chi connectivity index (χ0v) is 11.4. The van der Waals surface area contributed by atoms with Gasteiger partial charge in [0.05, 0.1) is 0 Å². The van der Waals surface area contributed by atoms with E-state index in [2.05, 4.69) is 6.92 Å². The van der Waals surface area contributed by atoms with Crippen LogP contribution in [0.3, 0.4) is 0 Å². The van der Waals surface area contributed by atoms with Gasteiger partial charge in [-0.3, -0.25) is 0 Å². The molecule has 2 amide bonds. The number of hydrogen-bond acceptors (Lipinski definition) is 3. The van der Waals surface area contributed by atoms with E-state index in [9.17, 15) is 13.2 Å². The van der Waals surface area contributed by atoms with Gasteiger partial charge in [0, 0.05) is 13.6 Å². The lowest BCUT2D eigenvalue weighted by Crippen LogP contribution is -2.44. The van der Waals surface area contributed by atoms with E-state index in [0.717, 1.165) is 23.6 Å². The van der Waals surface area contributed by atoms with Crippen LogP contribution < -0.4 is 10.5 Å². The monoisotopic (exact) mass is 265 g/mol. The Labute approximate surface area is 104 Å². The summed E-state index contributed by atoms with van der Waals surface area (Å²) < 4.78 is 25.7. The molecule has 0 spiro atoms. The molecule has 0 saturated heterocycles. The molecule has 0 rings (SSSR count). The SMILES string of the molecule is CCCCCCCCN(C)S(=O)(=O)NC(N)=O. The first-order valence-corrected chi connectivity index (χ1v) is 7.37. The number of hydrogen-bond donors (Lipinski definition) is 2. The maximum atomic E-state index is 11.4. The van der Waals surface area contributed by atoms with Crippen molar-refractivity contribution in [2.45, 2.75) is 45.4 Å². The molecule has 0 fully saturated rings. The normalized spacial score (nSPS) is 11.7. The van der Waals surface area contributed by atoms with Gasteiger partial charge in [-0.25, -0.2) is 9.52 Å². The third kappa shape index (κ3) is 7.98. The topological polar surface area (TPSA) is 92.5 Å². The van der Waals surface area contributed by atoms with Crippen LogP contribution in [0.5, 0.6) is 0 Å². The molecule has 0 aromatic heterocycles. The molecule has 7 heteroatoms. The van der Waals surface area contributed by atoms with Crippen LogP contribution in [0.4, 0.5) is 4.79 Å². The van der Waals surface area contributed by atoms with Crippen LogP contribution >= 0.6 is 0 Å². The summed E-state index contributed by atoms with van der Waals surface area (Å²) in [5.74, 6) is 0. The largest absolute Gasteiger partial charge is 0.351 e. The number of amides is 2. The van der Waals surface area contributed by atoms with Gasteiger partial charge in [0.1, 0.15) is 0 Å². The van der Waals surface area contributed by atoms with Crippen LogP contribution in [0, 0.1) is 0 Å². The van der Waals surface area contributed by atoms with Crippen molar-refractivity contribution in [3.8, 4) is 0 Å². The number of rotatable bonds is 9. The van der Waals surface area contributed by atoms with Crippen molar-refractivity contribution in [3.05, 3.63) is 0 Å². The zero-order chi connectivity index (χ0) is 13.3. The first kappa shape index (κ1) is 16.2. The fourth-order valence-corrected chi connectivity index (χ4v) is 2.22. The number of nitrogens with one attached hydrogen (secondary N) is 1. The molecule has 6 nitrogen and oxygen atoms in total. The van der Waals surface area contributed by atoms with Crippen LogP contribution in [-0.2, 0) is 10.2 Å². The van der Waals surface area contributed by atoms with Crippen molar-refractivity contribution in [1.82, 2.24) is 9.03 Å². The fraction of sp³-hybridized carbons (Fsp3) is 0.900. The van der Waals surface area contributed by atoms with Crippen molar-refractivity contribution in [1.29, 1.82) is 0 Å². The quantitative estimate of drug-likeness (QED) is 0.613. The third-order valence-electron chi connectivity index (χ3n) is 2.47. The zero-order valence-electron chi connectivity index (χ0n) is 10.6. The maximum Gasteiger partial charge on any atom is 0.326 e. The summed E-state index contributed by atoms with van der Waals surface area (Å²) in [7, 11) is -2.32. The molecule has 0 aliphatic heterocycles. The molecule has 102 valence electrons. The number of carbonyl (C=O) groups is 1. The summed E-state index contributed by atoms with van der Waals surface area (Å²) in [5.41, 5.74) is 4.77. The third-order valence-corrected chi connectivity index (χ3v) is 3.93. The second-order valence-electron chi connectivity index (χ2n) is 4.06. The molecule has 0 atom stereocenters. The van der Waals surface area contributed by atoms with Gasteiger partial charge in [-0.1, -0.05) is 39.0 Å². The first-order chi connectivity index (χ1) is 7.90. The van der Waals surface area contributed by atoms with Crippen molar-refractivity contribution in [2.75, 3.05) is 13.6 Å². The van der Waals surface area contributed by atoms with Gasteiger partial charge >= 0.3 is 16.2 Å². The molecular weight excluding hydrogens is 242 g/mol. The highest BCUT2D eigenvalue weighted by atomic mass is 32.2. The molecule has 0 heterocycles. The van der Waals surface area contributed by atoms with E-state index in [-0.39, 0.29) is 0 Å². The van der Waals surface area contributed by atoms with E-state index in [0.29, 0.717) is 6.54 Å². The van der Waals surface area contributed by atoms with E-state index in [4.69, 9.17) is 5.73 Å². The Kier molecular flexibility index (Phi) is 7.90. The molecule has 0 bridgehead atoms. The van der Waals surface area contributed by atoms with Crippen LogP contribution in [0.2, 0.25) is 0 Å². The van der Waals surface area contributed by atoms with E-state index >= 15 is 0 Å². The van der Waals surface area contributed by atoms with Crippen molar-refractivity contribution < 1.29 is 13.2 Å². The Balaban J connectivity index is 3.78. The molecule has 0 aromatic rings. The molecule has 0 aliphatic rings. The lowest BCUT2D eigenvalue weighted by Gasteiger charge is -2.16. The van der Waals surface area contributed by atoms with Crippen LogP contribution in [-0.4, -0.2) is 32.3 Å². The summed E-state index contributed by atoms with van der Waals surface area (Å²) in [5, 5.41) is 0. The molecule has 0 unspecified atom stereocenters. The second kappa shape index (κ2) is 8.30. The second-order valence-corrected chi connectivity index (χ2v) is 5.84. The molecule has 0 radical (unpaired) electrons. The number of unbranched alkanes of at least 4 members (excludes halogenated alkanes) is 5. The Bertz CT molecular complexity index is 317. The smallest absolute Gasteiger partial charge is 0.326 e. The first-order valence-electron chi connectivity index (χ1n) is 5.93. The molecule has 0 aromatic carbocycles. The average molecular weight is 265 g/mol. The van der Waals surface area contributed by atoms with Gasteiger partial charge in [0.15, 0.2) is 0 Å². The number of nitrogens with two attached hydrogens (primary N) is 1. The minimum absolute atomic E-state index is 0.398. The Morgan fingerprint density at radius 2 is 1.71 bits per heavy atom. The summed E-state index contributed by atoms with van der Waals surface area (Å²) >= 11 is 0. The van der Waals surface area contributed by atoms with E-state index in [1.165, 1.54) is 26.3 Å². The Morgan fingerprint density at radius 1 is 1.18 bits per heavy atom. The van der Waals surface area contributed by atoms with E-state index < -0.39 is 16.2 Å². The van der Waals surface area contributed by atoms with Gasteiger partial charge < -0.3 is 5.73 Å². The van der Waals surface area contributed by atoms with Gasteiger partial charge in [0.2, 0.25) is 0 Å². The molecule has 17 heavy (non-hydrogen) atoms. The van der Waals surface area contributed by atoms with Gasteiger partial charge in [-0.05, 0) is 6.42 Å². The minimum atomic E-state index is -3.75. The number of primary amides is 1. The van der Waals surface area contributed by atoms with Gasteiger partial charge in [0.25, 0.3) is 0 Å². The highest BCUT2D eigenvalue weighted by Crippen LogP contribution is 2.06. The molecule has 3 N–H and O–H groups in total. The van der Waals surface area contributed by atoms with Crippen molar-refractivity contribution in [2.24, 2.45) is 5.73 Å². The molecule has 0 aliphatic carbocycles. The minimum Gasteiger partial charge on any atom is -0.351 e. The highest BCUT2D eigenvalue weighted by Gasteiger charge is 2.18. The summed E-state index contributed by atoms with van der Waals surface area (Å²) in [6.45, 7) is 2.55. The maximum absolute atomic E-state index is 11.4. The van der Waals surface area contributed by atoms with E-state index in [1.54, 1.807) is 4.72 Å². The standard InChI is InChI=1S/C10H23N3O3S/c1-3-4-5-6-7-8-9-13(2)17(15,16)12-10(11)14/h3-9H2,1-2H3,(H3,11,12,14). The van der Waals surface area contributed by atoms with Crippen molar-refractivity contribution >= 4 is 16.2 Å². The van der Waals surface area contributed by atoms with E-state index in [1.807, 2.05) is 0 Å². The molecule has 0 saturated carbocycles. The molecular formula is C10H23N3O3S. The van der Waals surface area contributed by atoms with Gasteiger partial charge in [-0.15, -0.1) is 0 Å². The number of nitrogens with zero attached hydrogens (tertiary/aromatic N) is 1. The van der Waals surface area contributed by atoms with Gasteiger partial charge in [-0.2, -0.15) is 12.7 Å². The average Bonchev–Trinajstić information content (AvgIpc) is 2.21. The van der Waals surface area contributed by atoms with Crippen molar-refractivity contribution in [3.63, 3.8) is 0 Å². The Morgan fingerprint density at radius 3 is 2.24 bits per heavy atom. The summed E-state index contributed by atoms with van der Waals surface area (Å²) in [6.07, 6.45) is 6.50. The number of urea groups is 1. The predicted octanol–water partition coefficient (Wildman–Crippen LogP) is 1.19. The number of carbonyl (C=O) groups excluding carboxylic acids is 1.